The van der Waals surface area contributed by atoms with E-state index in [2.05, 4.69) is 19.1 Å². The smallest absolute Gasteiger partial charge is 0.345 e. The summed E-state index contributed by atoms with van der Waals surface area (Å²) in [7, 11) is 0. The largest absolute Gasteiger partial charge is 0.478 e. The van der Waals surface area contributed by atoms with Crippen LogP contribution in [0.1, 0.15) is 30.9 Å². The van der Waals surface area contributed by atoms with Gasteiger partial charge in [0.2, 0.25) is 0 Å². The molecule has 0 aromatic heterocycles. The number of unbranched alkanes of at least 4 members (excludes halogenated alkanes) is 1. The van der Waals surface area contributed by atoms with Crippen molar-refractivity contribution in [3.63, 3.8) is 0 Å². The summed E-state index contributed by atoms with van der Waals surface area (Å²) < 4.78 is 5.57. The van der Waals surface area contributed by atoms with Crippen molar-refractivity contribution in [1.82, 2.24) is 0 Å². The van der Waals surface area contributed by atoms with Crippen LogP contribution in [-0.4, -0.2) is 17.2 Å². The van der Waals surface area contributed by atoms with Gasteiger partial charge in [-0.05, 0) is 48.2 Å². The van der Waals surface area contributed by atoms with Crippen LogP contribution in [-0.2, 0) is 17.6 Å². The lowest BCUT2D eigenvalue weighted by Gasteiger charge is -2.15. The number of carboxylic acids is 1. The number of aliphatic carboxylic acids is 1. The Hall–Kier alpha value is -2.00. The molecule has 0 saturated carbocycles. The van der Waals surface area contributed by atoms with Crippen LogP contribution in [0.25, 0.3) is 0 Å². The van der Waals surface area contributed by atoms with Crippen LogP contribution in [0.5, 0.6) is 5.75 Å². The van der Waals surface area contributed by atoms with E-state index in [9.17, 15) is 9.90 Å². The number of hydrogen-bond donors (Lipinski definition) is 1. The highest BCUT2D eigenvalue weighted by Gasteiger charge is 2.20. The Labute approximate surface area is 141 Å². The summed E-state index contributed by atoms with van der Waals surface area (Å²) in [5, 5.41) is 9.96. The van der Waals surface area contributed by atoms with Gasteiger partial charge in [-0.3, -0.25) is 0 Å². The lowest BCUT2D eigenvalue weighted by atomic mass is 10.0. The van der Waals surface area contributed by atoms with E-state index < -0.39 is 12.1 Å². The van der Waals surface area contributed by atoms with E-state index in [1.807, 2.05) is 12.1 Å². The van der Waals surface area contributed by atoms with Crippen molar-refractivity contribution in [1.29, 1.82) is 0 Å². The van der Waals surface area contributed by atoms with E-state index in [4.69, 9.17) is 16.3 Å². The molecule has 0 fully saturated rings. The molecule has 0 aliphatic heterocycles. The number of carbonyl (C=O) groups is 1. The number of aryl methyl sites for hydroxylation is 1. The van der Waals surface area contributed by atoms with Crippen molar-refractivity contribution in [3.8, 4) is 5.75 Å². The molecule has 0 radical (unpaired) electrons. The Morgan fingerprint density at radius 3 is 2.26 bits per heavy atom. The SMILES string of the molecule is CCCCc1ccc(CC(Oc2ccc(Cl)cc2)C(=O)O)cc1. The van der Waals surface area contributed by atoms with E-state index in [-0.39, 0.29) is 0 Å². The average Bonchev–Trinajstić information content (AvgIpc) is 2.55. The molecule has 2 aromatic rings. The van der Waals surface area contributed by atoms with Gasteiger partial charge >= 0.3 is 5.97 Å². The standard InChI is InChI=1S/C19H21ClO3/c1-2-3-4-14-5-7-15(8-6-14)13-18(19(21)22)23-17-11-9-16(20)10-12-17/h5-12,18H,2-4,13H2,1H3,(H,21,22). The van der Waals surface area contributed by atoms with Crippen molar-refractivity contribution < 1.29 is 14.6 Å². The summed E-state index contributed by atoms with van der Waals surface area (Å²) >= 11 is 5.82. The molecule has 0 amide bonds. The van der Waals surface area contributed by atoms with Crippen molar-refractivity contribution in [2.75, 3.05) is 0 Å². The third-order valence-electron chi connectivity index (χ3n) is 3.63. The van der Waals surface area contributed by atoms with Gasteiger partial charge in [0, 0.05) is 11.4 Å². The second kappa shape index (κ2) is 8.59. The summed E-state index contributed by atoms with van der Waals surface area (Å²) in [6, 6.07) is 14.8. The minimum Gasteiger partial charge on any atom is -0.478 e. The van der Waals surface area contributed by atoms with Gasteiger partial charge in [-0.15, -0.1) is 0 Å². The third kappa shape index (κ3) is 5.61. The van der Waals surface area contributed by atoms with Crippen LogP contribution in [0, 0.1) is 0 Å². The molecule has 1 unspecified atom stereocenters. The number of carboxylic acid groups (broad SMARTS) is 1. The molecular weight excluding hydrogens is 312 g/mol. The van der Waals surface area contributed by atoms with Crippen molar-refractivity contribution in [2.24, 2.45) is 0 Å². The minimum atomic E-state index is -0.977. The van der Waals surface area contributed by atoms with Crippen LogP contribution < -0.4 is 4.74 Å². The predicted octanol–water partition coefficient (Wildman–Crippen LogP) is 4.76. The quantitative estimate of drug-likeness (QED) is 0.758. The normalized spacial score (nSPS) is 11.9. The number of halogens is 1. The van der Waals surface area contributed by atoms with Gasteiger partial charge in [0.15, 0.2) is 6.10 Å². The molecular formula is C19H21ClO3. The fourth-order valence-corrected chi connectivity index (χ4v) is 2.42. The second-order valence-electron chi connectivity index (χ2n) is 5.52. The van der Waals surface area contributed by atoms with Gasteiger partial charge in [0.05, 0.1) is 0 Å². The van der Waals surface area contributed by atoms with E-state index in [0.29, 0.717) is 17.2 Å². The van der Waals surface area contributed by atoms with Crippen LogP contribution in [0.15, 0.2) is 48.5 Å². The van der Waals surface area contributed by atoms with Gasteiger partial charge in [0.25, 0.3) is 0 Å². The lowest BCUT2D eigenvalue weighted by molar-refractivity contribution is -0.145. The zero-order valence-corrected chi connectivity index (χ0v) is 13.9. The van der Waals surface area contributed by atoms with E-state index in [0.717, 1.165) is 24.8 Å². The first-order valence-corrected chi connectivity index (χ1v) is 8.19. The Morgan fingerprint density at radius 2 is 1.70 bits per heavy atom. The average molecular weight is 333 g/mol. The molecule has 2 aromatic carbocycles. The van der Waals surface area contributed by atoms with Gasteiger partial charge in [-0.25, -0.2) is 4.79 Å². The Morgan fingerprint density at radius 1 is 1.09 bits per heavy atom. The molecule has 0 aliphatic carbocycles. The maximum atomic E-state index is 11.4. The lowest BCUT2D eigenvalue weighted by Crippen LogP contribution is -2.29. The third-order valence-corrected chi connectivity index (χ3v) is 3.88. The zero-order valence-electron chi connectivity index (χ0n) is 13.2. The molecule has 23 heavy (non-hydrogen) atoms. The number of ether oxygens (including phenoxy) is 1. The first-order chi connectivity index (χ1) is 11.1. The summed E-state index contributed by atoms with van der Waals surface area (Å²) in [5.41, 5.74) is 2.23. The molecule has 0 heterocycles. The van der Waals surface area contributed by atoms with Crippen LogP contribution in [0.3, 0.4) is 0 Å². The Kier molecular flexibility index (Phi) is 6.48. The molecule has 1 atom stereocenters. The van der Waals surface area contributed by atoms with Gasteiger partial charge in [-0.2, -0.15) is 0 Å². The first kappa shape index (κ1) is 17.4. The monoisotopic (exact) mass is 332 g/mol. The Balaban J connectivity index is 2.01. The summed E-state index contributed by atoms with van der Waals surface area (Å²) in [5.74, 6) is -0.476. The molecule has 0 aliphatic rings. The maximum Gasteiger partial charge on any atom is 0.345 e. The van der Waals surface area contributed by atoms with E-state index >= 15 is 0 Å². The highest BCUT2D eigenvalue weighted by molar-refractivity contribution is 6.30. The number of rotatable bonds is 8. The van der Waals surface area contributed by atoms with Gasteiger partial charge < -0.3 is 9.84 Å². The number of benzene rings is 2. The van der Waals surface area contributed by atoms with Crippen LogP contribution in [0.2, 0.25) is 5.02 Å². The van der Waals surface area contributed by atoms with Gasteiger partial charge in [-0.1, -0.05) is 49.2 Å². The topological polar surface area (TPSA) is 46.5 Å². The summed E-state index contributed by atoms with van der Waals surface area (Å²) in [6.45, 7) is 2.17. The highest BCUT2D eigenvalue weighted by Crippen LogP contribution is 2.19. The first-order valence-electron chi connectivity index (χ1n) is 7.81. The zero-order chi connectivity index (χ0) is 16.7. The molecule has 122 valence electrons. The summed E-state index contributed by atoms with van der Waals surface area (Å²) in [4.78, 5) is 11.4. The van der Waals surface area contributed by atoms with Gasteiger partial charge in [0.1, 0.15) is 5.75 Å². The van der Waals surface area contributed by atoms with Crippen LogP contribution in [0.4, 0.5) is 0 Å². The fourth-order valence-electron chi connectivity index (χ4n) is 2.29. The highest BCUT2D eigenvalue weighted by atomic mass is 35.5. The van der Waals surface area contributed by atoms with Crippen LogP contribution >= 0.6 is 11.6 Å². The molecule has 0 saturated heterocycles. The molecule has 0 bridgehead atoms. The number of hydrogen-bond acceptors (Lipinski definition) is 2. The fraction of sp³-hybridized carbons (Fsp3) is 0.316. The Bertz CT molecular complexity index is 620. The molecule has 3 nitrogen and oxygen atoms in total. The molecule has 2 rings (SSSR count). The van der Waals surface area contributed by atoms with Crippen molar-refractivity contribution in [3.05, 3.63) is 64.7 Å². The van der Waals surface area contributed by atoms with Crippen molar-refractivity contribution >= 4 is 17.6 Å². The second-order valence-corrected chi connectivity index (χ2v) is 5.96. The molecule has 1 N–H and O–H groups in total. The summed E-state index contributed by atoms with van der Waals surface area (Å²) in [6.07, 6.45) is 2.79. The minimum absolute atomic E-state index is 0.325. The van der Waals surface area contributed by atoms with Crippen molar-refractivity contribution in [2.45, 2.75) is 38.7 Å². The van der Waals surface area contributed by atoms with E-state index in [1.54, 1.807) is 24.3 Å². The maximum absolute atomic E-state index is 11.4. The predicted molar refractivity (Wildman–Crippen MR) is 92.3 cm³/mol. The van der Waals surface area contributed by atoms with E-state index in [1.165, 1.54) is 5.56 Å². The molecule has 4 heteroatoms. The molecule has 0 spiro atoms.